The maximum atomic E-state index is 4.41. The second kappa shape index (κ2) is 6.10. The predicted molar refractivity (Wildman–Crippen MR) is 75.4 cm³/mol. The molecule has 0 radical (unpaired) electrons. The van der Waals surface area contributed by atoms with Crippen LogP contribution in [0.5, 0.6) is 0 Å². The number of hydrogen-bond acceptors (Lipinski definition) is 2. The molecule has 0 bridgehead atoms. The Hall–Kier alpha value is -1.96. The molecular weight excluding hydrogens is 220 g/mol. The Bertz CT molecular complexity index is 498. The van der Waals surface area contributed by atoms with Crippen molar-refractivity contribution in [1.82, 2.24) is 9.97 Å². The van der Waals surface area contributed by atoms with Crippen molar-refractivity contribution in [3.05, 3.63) is 60.4 Å². The third kappa shape index (κ3) is 3.04. The van der Waals surface area contributed by atoms with E-state index in [2.05, 4.69) is 47.7 Å². The zero-order valence-corrected chi connectivity index (χ0v) is 10.8. The van der Waals surface area contributed by atoms with Gasteiger partial charge in [0.25, 0.3) is 0 Å². The third-order valence-corrected chi connectivity index (χ3v) is 2.96. The molecule has 0 atom stereocenters. The van der Waals surface area contributed by atoms with Gasteiger partial charge in [-0.05, 0) is 30.4 Å². The van der Waals surface area contributed by atoms with E-state index in [1.165, 1.54) is 5.56 Å². The van der Waals surface area contributed by atoms with E-state index in [1.54, 1.807) is 0 Å². The highest BCUT2D eigenvalue weighted by molar-refractivity contribution is 5.55. The van der Waals surface area contributed by atoms with E-state index in [0.29, 0.717) is 0 Å². The van der Waals surface area contributed by atoms with E-state index in [-0.39, 0.29) is 0 Å². The van der Waals surface area contributed by atoms with Gasteiger partial charge in [-0.1, -0.05) is 37.3 Å². The van der Waals surface area contributed by atoms with Crippen molar-refractivity contribution >= 4 is 0 Å². The maximum absolute atomic E-state index is 4.41. The van der Waals surface area contributed by atoms with Crippen LogP contribution in [0.25, 0.3) is 11.4 Å². The molecule has 0 aliphatic rings. The predicted octanol–water partition coefficient (Wildman–Crippen LogP) is 3.82. The fraction of sp³-hybridized carbons (Fsp3) is 0.250. The Kier molecular flexibility index (Phi) is 4.24. The molecule has 0 N–H and O–H groups in total. The molecule has 1 aromatic carbocycles. The summed E-state index contributed by atoms with van der Waals surface area (Å²) in [7, 11) is 0. The van der Waals surface area contributed by atoms with Crippen molar-refractivity contribution in [2.45, 2.75) is 26.2 Å². The van der Waals surface area contributed by atoms with Crippen LogP contribution in [0.1, 0.15) is 24.5 Å². The van der Waals surface area contributed by atoms with Gasteiger partial charge in [0.1, 0.15) is 0 Å². The van der Waals surface area contributed by atoms with Crippen molar-refractivity contribution in [1.29, 1.82) is 0 Å². The highest BCUT2D eigenvalue weighted by Crippen LogP contribution is 2.15. The van der Waals surface area contributed by atoms with Crippen LogP contribution in [0.15, 0.2) is 49.3 Å². The molecule has 0 saturated heterocycles. The van der Waals surface area contributed by atoms with E-state index in [9.17, 15) is 0 Å². The summed E-state index contributed by atoms with van der Waals surface area (Å²) in [6, 6.07) is 8.42. The first-order valence-corrected chi connectivity index (χ1v) is 6.34. The van der Waals surface area contributed by atoms with Gasteiger partial charge in [-0.25, -0.2) is 9.97 Å². The number of rotatable bonds is 5. The zero-order valence-electron chi connectivity index (χ0n) is 10.8. The number of aryl methyl sites for hydroxylation is 2. The SMILES string of the molecule is C=CCCc1cnc(-c2ccc(CC)cc2)nc1. The summed E-state index contributed by atoms with van der Waals surface area (Å²) >= 11 is 0. The Morgan fingerprint density at radius 2 is 1.72 bits per heavy atom. The lowest BCUT2D eigenvalue weighted by Gasteiger charge is -2.03. The summed E-state index contributed by atoms with van der Waals surface area (Å²) in [5.41, 5.74) is 3.56. The summed E-state index contributed by atoms with van der Waals surface area (Å²) in [4.78, 5) is 8.82. The first-order chi connectivity index (χ1) is 8.83. The third-order valence-electron chi connectivity index (χ3n) is 2.96. The topological polar surface area (TPSA) is 25.8 Å². The Morgan fingerprint density at radius 1 is 1.06 bits per heavy atom. The summed E-state index contributed by atoms with van der Waals surface area (Å²) < 4.78 is 0. The molecule has 2 rings (SSSR count). The molecule has 1 aromatic heterocycles. The minimum atomic E-state index is 0.792. The van der Waals surface area contributed by atoms with Gasteiger partial charge in [0.05, 0.1) is 0 Å². The lowest BCUT2D eigenvalue weighted by Crippen LogP contribution is -1.92. The van der Waals surface area contributed by atoms with Crippen LogP contribution in [0.2, 0.25) is 0 Å². The van der Waals surface area contributed by atoms with Crippen LogP contribution < -0.4 is 0 Å². The molecular formula is C16H18N2. The number of nitrogens with zero attached hydrogens (tertiary/aromatic N) is 2. The lowest BCUT2D eigenvalue weighted by atomic mass is 10.1. The molecule has 0 spiro atoms. The minimum absolute atomic E-state index is 0.792. The van der Waals surface area contributed by atoms with Crippen LogP contribution in [0.3, 0.4) is 0 Å². The molecule has 92 valence electrons. The highest BCUT2D eigenvalue weighted by atomic mass is 14.9. The van der Waals surface area contributed by atoms with E-state index < -0.39 is 0 Å². The van der Waals surface area contributed by atoms with Crippen LogP contribution in [-0.2, 0) is 12.8 Å². The summed E-state index contributed by atoms with van der Waals surface area (Å²) in [5.74, 6) is 0.792. The molecule has 0 saturated carbocycles. The number of benzene rings is 1. The van der Waals surface area contributed by atoms with Crippen molar-refractivity contribution in [3.63, 3.8) is 0 Å². The van der Waals surface area contributed by atoms with Crippen molar-refractivity contribution in [3.8, 4) is 11.4 Å². The van der Waals surface area contributed by atoms with Gasteiger partial charge in [0.15, 0.2) is 5.82 Å². The average molecular weight is 238 g/mol. The van der Waals surface area contributed by atoms with Gasteiger partial charge in [-0.3, -0.25) is 0 Å². The normalized spacial score (nSPS) is 10.3. The van der Waals surface area contributed by atoms with Gasteiger partial charge >= 0.3 is 0 Å². The summed E-state index contributed by atoms with van der Waals surface area (Å²) in [6.45, 7) is 5.87. The molecule has 0 amide bonds. The Morgan fingerprint density at radius 3 is 2.28 bits per heavy atom. The van der Waals surface area contributed by atoms with Gasteiger partial charge in [-0.15, -0.1) is 6.58 Å². The number of allylic oxidation sites excluding steroid dienone is 1. The monoisotopic (exact) mass is 238 g/mol. The quantitative estimate of drug-likeness (QED) is 0.740. The Labute approximate surface area is 108 Å². The maximum Gasteiger partial charge on any atom is 0.159 e. The van der Waals surface area contributed by atoms with Crippen LogP contribution in [0, 0.1) is 0 Å². The molecule has 0 aliphatic heterocycles. The van der Waals surface area contributed by atoms with Crippen molar-refractivity contribution < 1.29 is 0 Å². The number of aromatic nitrogens is 2. The molecule has 2 aromatic rings. The fourth-order valence-corrected chi connectivity index (χ4v) is 1.79. The zero-order chi connectivity index (χ0) is 12.8. The second-order valence-electron chi connectivity index (χ2n) is 4.29. The van der Waals surface area contributed by atoms with Gasteiger partial charge in [0.2, 0.25) is 0 Å². The van der Waals surface area contributed by atoms with Gasteiger partial charge < -0.3 is 0 Å². The van der Waals surface area contributed by atoms with E-state index >= 15 is 0 Å². The highest BCUT2D eigenvalue weighted by Gasteiger charge is 2.01. The van der Waals surface area contributed by atoms with E-state index in [4.69, 9.17) is 0 Å². The molecule has 0 unspecified atom stereocenters. The molecule has 0 fully saturated rings. The first-order valence-electron chi connectivity index (χ1n) is 6.34. The van der Waals surface area contributed by atoms with Crippen LogP contribution >= 0.6 is 0 Å². The minimum Gasteiger partial charge on any atom is -0.236 e. The average Bonchev–Trinajstić information content (AvgIpc) is 2.46. The van der Waals surface area contributed by atoms with E-state index in [1.807, 2.05) is 18.5 Å². The van der Waals surface area contributed by atoms with Crippen LogP contribution in [0.4, 0.5) is 0 Å². The Balaban J connectivity index is 2.14. The largest absolute Gasteiger partial charge is 0.236 e. The fourth-order valence-electron chi connectivity index (χ4n) is 1.79. The lowest BCUT2D eigenvalue weighted by molar-refractivity contribution is 0.968. The van der Waals surface area contributed by atoms with Crippen molar-refractivity contribution in [2.24, 2.45) is 0 Å². The number of hydrogen-bond donors (Lipinski definition) is 0. The first kappa shape index (κ1) is 12.5. The smallest absolute Gasteiger partial charge is 0.159 e. The molecule has 2 heteroatoms. The van der Waals surface area contributed by atoms with Crippen LogP contribution in [-0.4, -0.2) is 9.97 Å². The molecule has 2 nitrogen and oxygen atoms in total. The standard InChI is InChI=1S/C16H18N2/c1-3-5-6-14-11-17-16(18-12-14)15-9-7-13(4-2)8-10-15/h3,7-12H,1,4-6H2,2H3. The summed E-state index contributed by atoms with van der Waals surface area (Å²) in [5, 5.41) is 0. The molecule has 1 heterocycles. The van der Waals surface area contributed by atoms with Gasteiger partial charge in [-0.2, -0.15) is 0 Å². The molecule has 18 heavy (non-hydrogen) atoms. The van der Waals surface area contributed by atoms with Gasteiger partial charge in [0, 0.05) is 18.0 Å². The second-order valence-corrected chi connectivity index (χ2v) is 4.29. The van der Waals surface area contributed by atoms with E-state index in [0.717, 1.165) is 36.2 Å². The molecule has 0 aliphatic carbocycles. The summed E-state index contributed by atoms with van der Waals surface area (Å²) in [6.07, 6.45) is 8.70. The van der Waals surface area contributed by atoms with Crippen molar-refractivity contribution in [2.75, 3.05) is 0 Å².